The second-order valence-corrected chi connectivity index (χ2v) is 3.46. The van der Waals surface area contributed by atoms with Gasteiger partial charge in [-0.3, -0.25) is 0 Å². The molecule has 0 bridgehead atoms. The first kappa shape index (κ1) is 10.5. The van der Waals surface area contributed by atoms with Crippen molar-refractivity contribution < 1.29 is 4.74 Å². The number of hydrogen-bond acceptors (Lipinski definition) is 1. The SMILES string of the molecule is CC/C=C/CC/C=C/CC[C@@H]1CO1. The molecule has 0 aromatic carbocycles. The first-order valence-corrected chi connectivity index (χ1v) is 5.35. The molecule has 0 aromatic rings. The highest BCUT2D eigenvalue weighted by atomic mass is 16.6. The van der Waals surface area contributed by atoms with Gasteiger partial charge in [0.1, 0.15) is 0 Å². The van der Waals surface area contributed by atoms with Gasteiger partial charge in [-0.2, -0.15) is 0 Å². The van der Waals surface area contributed by atoms with Gasteiger partial charge in [-0.1, -0.05) is 31.2 Å². The number of hydrogen-bond donors (Lipinski definition) is 0. The summed E-state index contributed by atoms with van der Waals surface area (Å²) in [5, 5.41) is 0. The van der Waals surface area contributed by atoms with Crippen molar-refractivity contribution in [2.24, 2.45) is 0 Å². The summed E-state index contributed by atoms with van der Waals surface area (Å²) >= 11 is 0. The van der Waals surface area contributed by atoms with Gasteiger partial charge in [-0.15, -0.1) is 0 Å². The summed E-state index contributed by atoms with van der Waals surface area (Å²) in [6, 6.07) is 0. The van der Waals surface area contributed by atoms with Crippen LogP contribution in [0.4, 0.5) is 0 Å². The van der Waals surface area contributed by atoms with Crippen molar-refractivity contribution in [2.75, 3.05) is 6.61 Å². The molecule has 1 rings (SSSR count). The van der Waals surface area contributed by atoms with Crippen LogP contribution in [0.15, 0.2) is 24.3 Å². The van der Waals surface area contributed by atoms with Gasteiger partial charge >= 0.3 is 0 Å². The summed E-state index contributed by atoms with van der Waals surface area (Å²) in [5.74, 6) is 0. The highest BCUT2D eigenvalue weighted by Gasteiger charge is 2.20. The Morgan fingerprint density at radius 3 is 2.31 bits per heavy atom. The van der Waals surface area contributed by atoms with Crippen LogP contribution in [0.25, 0.3) is 0 Å². The predicted molar refractivity (Wildman–Crippen MR) is 56.8 cm³/mol. The first-order chi connectivity index (χ1) is 6.43. The summed E-state index contributed by atoms with van der Waals surface area (Å²) in [7, 11) is 0. The lowest BCUT2D eigenvalue weighted by Crippen LogP contribution is -1.81. The Bertz CT molecular complexity index is 166. The van der Waals surface area contributed by atoms with E-state index in [2.05, 4.69) is 31.2 Å². The molecule has 0 amide bonds. The first-order valence-electron chi connectivity index (χ1n) is 5.35. The van der Waals surface area contributed by atoms with Crippen LogP contribution < -0.4 is 0 Å². The van der Waals surface area contributed by atoms with Crippen molar-refractivity contribution in [3.63, 3.8) is 0 Å². The summed E-state index contributed by atoms with van der Waals surface area (Å²) in [5.41, 5.74) is 0. The average Bonchev–Trinajstić information content (AvgIpc) is 2.93. The van der Waals surface area contributed by atoms with Crippen molar-refractivity contribution in [2.45, 2.75) is 45.1 Å². The minimum Gasteiger partial charge on any atom is -0.373 e. The molecule has 0 aromatic heterocycles. The molecule has 1 aliphatic rings. The lowest BCUT2D eigenvalue weighted by molar-refractivity contribution is 0.398. The lowest BCUT2D eigenvalue weighted by atomic mass is 10.2. The number of unbranched alkanes of at least 4 members (excludes halogenated alkanes) is 1. The highest BCUT2D eigenvalue weighted by molar-refractivity contribution is 4.88. The zero-order valence-electron chi connectivity index (χ0n) is 8.54. The van der Waals surface area contributed by atoms with Crippen LogP contribution in [-0.4, -0.2) is 12.7 Å². The van der Waals surface area contributed by atoms with Crippen molar-refractivity contribution in [3.8, 4) is 0 Å². The number of rotatable bonds is 7. The topological polar surface area (TPSA) is 12.5 Å². The Morgan fingerprint density at radius 1 is 1.08 bits per heavy atom. The average molecular weight is 180 g/mol. The van der Waals surface area contributed by atoms with E-state index in [9.17, 15) is 0 Å². The van der Waals surface area contributed by atoms with E-state index in [0.717, 1.165) is 13.0 Å². The maximum Gasteiger partial charge on any atom is 0.0812 e. The van der Waals surface area contributed by atoms with E-state index in [-0.39, 0.29) is 0 Å². The molecule has 1 heteroatoms. The van der Waals surface area contributed by atoms with E-state index >= 15 is 0 Å². The molecule has 1 fully saturated rings. The molecule has 1 aliphatic heterocycles. The van der Waals surface area contributed by atoms with Gasteiger partial charge in [0, 0.05) is 0 Å². The van der Waals surface area contributed by atoms with Crippen LogP contribution in [0.5, 0.6) is 0 Å². The molecule has 0 unspecified atom stereocenters. The Morgan fingerprint density at radius 2 is 1.69 bits per heavy atom. The minimum atomic E-state index is 0.588. The van der Waals surface area contributed by atoms with E-state index in [0.29, 0.717) is 6.10 Å². The molecule has 1 atom stereocenters. The molecule has 0 radical (unpaired) electrons. The fraction of sp³-hybridized carbons (Fsp3) is 0.667. The minimum absolute atomic E-state index is 0.588. The molecule has 74 valence electrons. The van der Waals surface area contributed by atoms with Gasteiger partial charge in [-0.25, -0.2) is 0 Å². The van der Waals surface area contributed by atoms with Gasteiger partial charge in [-0.05, 0) is 32.1 Å². The molecule has 0 aliphatic carbocycles. The van der Waals surface area contributed by atoms with Gasteiger partial charge < -0.3 is 4.74 Å². The third kappa shape index (κ3) is 6.59. The van der Waals surface area contributed by atoms with E-state index < -0.39 is 0 Å². The van der Waals surface area contributed by atoms with Crippen LogP contribution in [0.2, 0.25) is 0 Å². The van der Waals surface area contributed by atoms with Gasteiger partial charge in [0.05, 0.1) is 12.7 Å². The van der Waals surface area contributed by atoms with Crippen LogP contribution in [0, 0.1) is 0 Å². The normalized spacial score (nSPS) is 21.8. The Labute approximate surface area is 81.5 Å². The van der Waals surface area contributed by atoms with Crippen molar-refractivity contribution in [1.29, 1.82) is 0 Å². The molecular formula is C12H20O. The maximum absolute atomic E-state index is 5.12. The summed E-state index contributed by atoms with van der Waals surface area (Å²) < 4.78 is 5.12. The van der Waals surface area contributed by atoms with Crippen molar-refractivity contribution in [3.05, 3.63) is 24.3 Å². The van der Waals surface area contributed by atoms with Crippen molar-refractivity contribution >= 4 is 0 Å². The molecule has 0 saturated carbocycles. The largest absolute Gasteiger partial charge is 0.373 e. The lowest BCUT2D eigenvalue weighted by Gasteiger charge is -1.89. The van der Waals surface area contributed by atoms with Gasteiger partial charge in [0.15, 0.2) is 0 Å². The zero-order chi connectivity index (χ0) is 9.36. The third-order valence-corrected chi connectivity index (χ3v) is 2.13. The maximum atomic E-state index is 5.12. The second-order valence-electron chi connectivity index (χ2n) is 3.46. The number of allylic oxidation sites excluding steroid dienone is 4. The van der Waals surface area contributed by atoms with E-state index in [1.807, 2.05) is 0 Å². The third-order valence-electron chi connectivity index (χ3n) is 2.13. The molecule has 1 saturated heterocycles. The Kier molecular flexibility index (Phi) is 5.59. The summed E-state index contributed by atoms with van der Waals surface area (Å²) in [4.78, 5) is 0. The molecular weight excluding hydrogens is 160 g/mol. The van der Waals surface area contributed by atoms with E-state index in [1.54, 1.807) is 0 Å². The molecule has 1 heterocycles. The predicted octanol–water partition coefficient (Wildman–Crippen LogP) is 3.47. The smallest absolute Gasteiger partial charge is 0.0812 e. The van der Waals surface area contributed by atoms with Crippen LogP contribution in [-0.2, 0) is 4.74 Å². The van der Waals surface area contributed by atoms with Gasteiger partial charge in [0.2, 0.25) is 0 Å². The van der Waals surface area contributed by atoms with Gasteiger partial charge in [0.25, 0.3) is 0 Å². The van der Waals surface area contributed by atoms with Crippen LogP contribution >= 0.6 is 0 Å². The fourth-order valence-electron chi connectivity index (χ4n) is 1.23. The van der Waals surface area contributed by atoms with E-state index in [1.165, 1.54) is 25.7 Å². The second kappa shape index (κ2) is 6.90. The quantitative estimate of drug-likeness (QED) is 0.332. The fourth-order valence-corrected chi connectivity index (χ4v) is 1.23. The van der Waals surface area contributed by atoms with Crippen molar-refractivity contribution in [1.82, 2.24) is 0 Å². The standard InChI is InChI=1S/C12H20O/c1-2-3-4-5-6-7-8-9-10-12-11-13-12/h3-4,7-8,12H,2,5-6,9-11H2,1H3/b4-3+,8-7+/t12-/m1/s1. The highest BCUT2D eigenvalue weighted by Crippen LogP contribution is 2.15. The molecule has 0 spiro atoms. The number of ether oxygens (including phenoxy) is 1. The monoisotopic (exact) mass is 180 g/mol. The zero-order valence-corrected chi connectivity index (χ0v) is 8.54. The molecule has 13 heavy (non-hydrogen) atoms. The molecule has 1 nitrogen and oxygen atoms in total. The number of epoxide rings is 1. The van der Waals surface area contributed by atoms with E-state index in [4.69, 9.17) is 4.74 Å². The summed E-state index contributed by atoms with van der Waals surface area (Å²) in [6.07, 6.45) is 15.5. The molecule has 0 N–H and O–H groups in total. The Hall–Kier alpha value is -0.560. The summed E-state index contributed by atoms with van der Waals surface area (Å²) in [6.45, 7) is 3.16. The Balaban J connectivity index is 1.82. The van der Waals surface area contributed by atoms with Crippen LogP contribution in [0.3, 0.4) is 0 Å². The van der Waals surface area contributed by atoms with Crippen LogP contribution in [0.1, 0.15) is 39.0 Å².